The highest BCUT2D eigenvalue weighted by atomic mass is 79.9. The Balaban J connectivity index is 2.38. The van der Waals surface area contributed by atoms with E-state index in [4.69, 9.17) is 4.74 Å². The summed E-state index contributed by atoms with van der Waals surface area (Å²) in [6.45, 7) is 9.26. The third-order valence-electron chi connectivity index (χ3n) is 4.51. The molecule has 2 heteroatoms. The first-order chi connectivity index (χ1) is 9.84. The summed E-state index contributed by atoms with van der Waals surface area (Å²) in [4.78, 5) is 0.363. The van der Waals surface area contributed by atoms with Crippen molar-refractivity contribution in [2.45, 2.75) is 38.9 Å². The molecule has 114 valence electrons. The van der Waals surface area contributed by atoms with E-state index in [9.17, 15) is 0 Å². The minimum atomic E-state index is 0.328. The molecule has 0 spiro atoms. The van der Waals surface area contributed by atoms with Gasteiger partial charge in [0.05, 0.1) is 7.11 Å². The van der Waals surface area contributed by atoms with E-state index in [2.05, 4.69) is 80.0 Å². The molecule has 0 aliphatic heterocycles. The second-order valence-electron chi connectivity index (χ2n) is 6.87. The Labute approximate surface area is 136 Å². The molecule has 2 unspecified atom stereocenters. The summed E-state index contributed by atoms with van der Waals surface area (Å²) in [7, 11) is 1.73. The molecule has 0 aliphatic rings. The lowest BCUT2D eigenvalue weighted by Crippen LogP contribution is -2.18. The number of halogens is 1. The fraction of sp³-hybridized carbons (Fsp3) is 0.474. The zero-order valence-corrected chi connectivity index (χ0v) is 15.2. The van der Waals surface area contributed by atoms with E-state index < -0.39 is 0 Å². The molecule has 1 nitrogen and oxygen atoms in total. The monoisotopic (exact) mass is 348 g/mol. The van der Waals surface area contributed by atoms with Gasteiger partial charge in [0.2, 0.25) is 0 Å². The summed E-state index contributed by atoms with van der Waals surface area (Å²) in [5, 5.41) is 2.46. The van der Waals surface area contributed by atoms with Gasteiger partial charge in [0.1, 0.15) is 5.75 Å². The Morgan fingerprint density at radius 2 is 1.67 bits per heavy atom. The highest BCUT2D eigenvalue weighted by molar-refractivity contribution is 9.09. The van der Waals surface area contributed by atoms with Crippen LogP contribution in [-0.4, -0.2) is 7.11 Å². The Kier molecular flexibility index (Phi) is 4.98. The van der Waals surface area contributed by atoms with Crippen LogP contribution < -0.4 is 4.74 Å². The lowest BCUT2D eigenvalue weighted by atomic mass is 9.78. The number of alkyl halides is 1. The Morgan fingerprint density at radius 1 is 1.05 bits per heavy atom. The second kappa shape index (κ2) is 6.39. The predicted octanol–water partition coefficient (Wildman–Crippen LogP) is 6.36. The number of benzene rings is 2. The van der Waals surface area contributed by atoms with Crippen LogP contribution in [0.4, 0.5) is 0 Å². The maximum absolute atomic E-state index is 5.48. The van der Waals surface area contributed by atoms with E-state index in [0.29, 0.717) is 16.2 Å². The smallest absolute Gasteiger partial charge is 0.126 e. The molecule has 0 saturated carbocycles. The fourth-order valence-electron chi connectivity index (χ4n) is 2.54. The number of ether oxygens (including phenoxy) is 1. The van der Waals surface area contributed by atoms with Crippen LogP contribution in [0.25, 0.3) is 10.8 Å². The molecule has 0 bridgehead atoms. The van der Waals surface area contributed by atoms with Gasteiger partial charge in [-0.25, -0.2) is 0 Å². The fourth-order valence-corrected chi connectivity index (χ4v) is 3.50. The van der Waals surface area contributed by atoms with Gasteiger partial charge in [-0.3, -0.25) is 0 Å². The SMILES string of the molecule is COc1ccc(C(Br)CC(C)C(C)(C)C)c2ccccc12. The quantitative estimate of drug-likeness (QED) is 0.584. The average molecular weight is 349 g/mol. The standard InChI is InChI=1S/C19H25BrO/c1-13(19(2,3)4)12-17(20)15-10-11-18(21-5)16-9-7-6-8-14(15)16/h6-11,13,17H,12H2,1-5H3. The molecule has 2 atom stereocenters. The minimum absolute atomic E-state index is 0.328. The van der Waals surface area contributed by atoms with Gasteiger partial charge in [0, 0.05) is 10.2 Å². The van der Waals surface area contributed by atoms with E-state index >= 15 is 0 Å². The topological polar surface area (TPSA) is 9.23 Å². The van der Waals surface area contributed by atoms with Crippen molar-refractivity contribution < 1.29 is 4.74 Å². The highest BCUT2D eigenvalue weighted by Gasteiger charge is 2.24. The molecule has 0 fully saturated rings. The minimum Gasteiger partial charge on any atom is -0.496 e. The van der Waals surface area contributed by atoms with Gasteiger partial charge in [-0.1, -0.05) is 74.0 Å². The molecule has 0 aromatic heterocycles. The molecule has 0 saturated heterocycles. The normalized spacial score (nSPS) is 15.0. The summed E-state index contributed by atoms with van der Waals surface area (Å²) >= 11 is 3.91. The van der Waals surface area contributed by atoms with Crippen molar-refractivity contribution >= 4 is 26.7 Å². The van der Waals surface area contributed by atoms with Crippen LogP contribution in [0.1, 0.15) is 44.5 Å². The Bertz CT molecular complexity index is 612. The van der Waals surface area contributed by atoms with Crippen molar-refractivity contribution in [2.24, 2.45) is 11.3 Å². The molecule has 0 heterocycles. The molecule has 2 aromatic carbocycles. The lowest BCUT2D eigenvalue weighted by molar-refractivity contribution is 0.247. The predicted molar refractivity (Wildman–Crippen MR) is 95.4 cm³/mol. The van der Waals surface area contributed by atoms with Crippen LogP contribution in [0.5, 0.6) is 5.75 Å². The summed E-state index contributed by atoms with van der Waals surface area (Å²) in [5.74, 6) is 1.58. The Morgan fingerprint density at radius 3 is 2.24 bits per heavy atom. The van der Waals surface area contributed by atoms with Gasteiger partial charge in [-0.05, 0) is 34.8 Å². The second-order valence-corrected chi connectivity index (χ2v) is 7.98. The largest absolute Gasteiger partial charge is 0.496 e. The van der Waals surface area contributed by atoms with Crippen LogP contribution >= 0.6 is 15.9 Å². The molecule has 0 N–H and O–H groups in total. The maximum Gasteiger partial charge on any atom is 0.126 e. The lowest BCUT2D eigenvalue weighted by Gasteiger charge is -2.29. The molecule has 2 aromatic rings. The molecule has 21 heavy (non-hydrogen) atoms. The highest BCUT2D eigenvalue weighted by Crippen LogP contribution is 2.41. The number of hydrogen-bond acceptors (Lipinski definition) is 1. The summed E-state index contributed by atoms with van der Waals surface area (Å²) in [6, 6.07) is 12.7. The molecule has 0 amide bonds. The number of fused-ring (bicyclic) bond motifs is 1. The van der Waals surface area contributed by atoms with Gasteiger partial charge in [0.25, 0.3) is 0 Å². The first kappa shape index (κ1) is 16.4. The van der Waals surface area contributed by atoms with Crippen molar-refractivity contribution in [3.8, 4) is 5.75 Å². The zero-order chi connectivity index (χ0) is 15.6. The molecular formula is C19H25BrO. The van der Waals surface area contributed by atoms with Gasteiger partial charge >= 0.3 is 0 Å². The Hall–Kier alpha value is -1.02. The third kappa shape index (κ3) is 3.60. The van der Waals surface area contributed by atoms with Gasteiger partial charge in [-0.15, -0.1) is 0 Å². The molecule has 0 aliphatic carbocycles. The van der Waals surface area contributed by atoms with E-state index in [1.807, 2.05) is 0 Å². The van der Waals surface area contributed by atoms with Crippen molar-refractivity contribution in [3.05, 3.63) is 42.0 Å². The van der Waals surface area contributed by atoms with Crippen LogP contribution in [0.2, 0.25) is 0 Å². The van der Waals surface area contributed by atoms with E-state index in [0.717, 1.165) is 12.2 Å². The van der Waals surface area contributed by atoms with Gasteiger partial charge < -0.3 is 4.74 Å². The van der Waals surface area contributed by atoms with Crippen LogP contribution in [0.3, 0.4) is 0 Å². The third-order valence-corrected chi connectivity index (χ3v) is 5.38. The van der Waals surface area contributed by atoms with Crippen molar-refractivity contribution in [1.82, 2.24) is 0 Å². The van der Waals surface area contributed by atoms with E-state index in [1.54, 1.807) is 7.11 Å². The number of methoxy groups -OCH3 is 1. The van der Waals surface area contributed by atoms with Gasteiger partial charge in [0.15, 0.2) is 0 Å². The summed E-state index contributed by atoms with van der Waals surface area (Å²) in [5.41, 5.74) is 1.68. The average Bonchev–Trinajstić information content (AvgIpc) is 2.44. The van der Waals surface area contributed by atoms with Crippen LogP contribution in [-0.2, 0) is 0 Å². The van der Waals surface area contributed by atoms with E-state index in [1.165, 1.54) is 16.3 Å². The van der Waals surface area contributed by atoms with Gasteiger partial charge in [-0.2, -0.15) is 0 Å². The maximum atomic E-state index is 5.48. The number of hydrogen-bond donors (Lipinski definition) is 0. The zero-order valence-electron chi connectivity index (χ0n) is 13.6. The van der Waals surface area contributed by atoms with Crippen molar-refractivity contribution in [2.75, 3.05) is 7.11 Å². The van der Waals surface area contributed by atoms with Crippen molar-refractivity contribution in [3.63, 3.8) is 0 Å². The number of rotatable bonds is 4. The molecular weight excluding hydrogens is 324 g/mol. The van der Waals surface area contributed by atoms with E-state index in [-0.39, 0.29) is 0 Å². The summed E-state index contributed by atoms with van der Waals surface area (Å²) in [6.07, 6.45) is 1.12. The van der Waals surface area contributed by atoms with Crippen molar-refractivity contribution in [1.29, 1.82) is 0 Å². The molecule has 0 radical (unpaired) electrons. The van der Waals surface area contributed by atoms with Crippen LogP contribution in [0.15, 0.2) is 36.4 Å². The molecule has 2 rings (SSSR count). The summed E-state index contributed by atoms with van der Waals surface area (Å²) < 4.78 is 5.48. The van der Waals surface area contributed by atoms with Crippen LogP contribution in [0, 0.1) is 11.3 Å². The first-order valence-electron chi connectivity index (χ1n) is 7.54. The first-order valence-corrected chi connectivity index (χ1v) is 8.46.